The highest BCUT2D eigenvalue weighted by atomic mass is 16.3. The molecule has 72 valence electrons. The van der Waals surface area contributed by atoms with E-state index in [1.807, 2.05) is 20.8 Å². The van der Waals surface area contributed by atoms with Crippen molar-refractivity contribution in [3.05, 3.63) is 0 Å². The van der Waals surface area contributed by atoms with Crippen molar-refractivity contribution in [3.8, 4) is 0 Å². The number of hydrogen-bond donors (Lipinski definition) is 1. The fourth-order valence-electron chi connectivity index (χ4n) is 1.37. The van der Waals surface area contributed by atoms with Crippen molar-refractivity contribution < 1.29 is 9.90 Å². The number of aliphatic hydroxyl groups excluding tert-OH is 1. The Hall–Kier alpha value is -0.570. The molecule has 3 nitrogen and oxygen atoms in total. The maximum absolute atomic E-state index is 10.8. The van der Waals surface area contributed by atoms with Crippen LogP contribution in [0.25, 0.3) is 0 Å². The van der Waals surface area contributed by atoms with Crippen LogP contribution in [-0.2, 0) is 4.79 Å². The third-order valence-corrected chi connectivity index (χ3v) is 2.12. The molecule has 1 heterocycles. The molecule has 1 fully saturated rings. The van der Waals surface area contributed by atoms with Crippen LogP contribution in [0.15, 0.2) is 0 Å². The minimum absolute atomic E-state index is 0.0116. The van der Waals surface area contributed by atoms with Crippen molar-refractivity contribution in [1.29, 1.82) is 0 Å². The Morgan fingerprint density at radius 3 is 2.17 bits per heavy atom. The topological polar surface area (TPSA) is 40.5 Å². The molecule has 0 aromatic carbocycles. The van der Waals surface area contributed by atoms with E-state index in [9.17, 15) is 9.90 Å². The molecule has 1 amide bonds. The van der Waals surface area contributed by atoms with E-state index in [4.69, 9.17) is 0 Å². The van der Waals surface area contributed by atoms with Gasteiger partial charge in [-0.1, -0.05) is 13.8 Å². The fourth-order valence-corrected chi connectivity index (χ4v) is 1.37. The summed E-state index contributed by atoms with van der Waals surface area (Å²) in [5, 5.41) is 9.22. The van der Waals surface area contributed by atoms with Crippen molar-refractivity contribution in [2.45, 2.75) is 46.3 Å². The second-order valence-corrected chi connectivity index (χ2v) is 2.81. The minimum Gasteiger partial charge on any atom is -0.391 e. The first-order valence-electron chi connectivity index (χ1n) is 4.58. The molecule has 1 saturated heterocycles. The predicted octanol–water partition coefficient (Wildman–Crippen LogP) is 1.01. The Kier molecular flexibility index (Phi) is 4.90. The monoisotopic (exact) mass is 173 g/mol. The number of likely N-dealkylation sites (tertiary alicyclic amines) is 1. The molecular formula is C9H19NO2. The van der Waals surface area contributed by atoms with Crippen molar-refractivity contribution >= 4 is 5.91 Å². The van der Waals surface area contributed by atoms with Crippen LogP contribution in [0, 0.1) is 0 Å². The molecule has 3 heteroatoms. The molecule has 0 aromatic rings. The third kappa shape index (κ3) is 2.48. The van der Waals surface area contributed by atoms with Gasteiger partial charge < -0.3 is 10.0 Å². The number of aliphatic hydroxyl groups is 1. The minimum atomic E-state index is -0.316. The van der Waals surface area contributed by atoms with Gasteiger partial charge in [0, 0.05) is 13.5 Å². The van der Waals surface area contributed by atoms with Gasteiger partial charge in [0.25, 0.3) is 0 Å². The zero-order chi connectivity index (χ0) is 9.72. The van der Waals surface area contributed by atoms with Crippen LogP contribution >= 0.6 is 0 Å². The van der Waals surface area contributed by atoms with Gasteiger partial charge in [-0.3, -0.25) is 4.79 Å². The van der Waals surface area contributed by atoms with E-state index in [-0.39, 0.29) is 18.1 Å². The standard InChI is InChI=1S/C7H13NO2.C2H6/c1-5-7(10)3-4-8(5)6(2)9;1-2/h5,7,10H,3-4H2,1-2H3;1-2H3/t5-,7+;/m0./s1. The van der Waals surface area contributed by atoms with Gasteiger partial charge in [0.1, 0.15) is 0 Å². The molecule has 2 atom stereocenters. The Morgan fingerprint density at radius 2 is 2.00 bits per heavy atom. The highest BCUT2D eigenvalue weighted by Crippen LogP contribution is 2.16. The van der Waals surface area contributed by atoms with Crippen molar-refractivity contribution in [1.82, 2.24) is 4.90 Å². The molecule has 0 radical (unpaired) electrons. The zero-order valence-corrected chi connectivity index (χ0v) is 8.37. The largest absolute Gasteiger partial charge is 0.391 e. The van der Waals surface area contributed by atoms with E-state index in [0.717, 1.165) is 6.42 Å². The maximum atomic E-state index is 10.8. The van der Waals surface area contributed by atoms with E-state index in [0.29, 0.717) is 6.54 Å². The summed E-state index contributed by atoms with van der Waals surface area (Å²) in [6, 6.07) is 0.0116. The smallest absolute Gasteiger partial charge is 0.219 e. The molecule has 0 aromatic heterocycles. The summed E-state index contributed by atoms with van der Waals surface area (Å²) < 4.78 is 0. The summed E-state index contributed by atoms with van der Waals surface area (Å²) in [6.07, 6.45) is 0.407. The van der Waals surface area contributed by atoms with Crippen LogP contribution in [0.1, 0.15) is 34.1 Å². The van der Waals surface area contributed by atoms with Gasteiger partial charge in [-0.05, 0) is 13.3 Å². The van der Waals surface area contributed by atoms with Gasteiger partial charge in [0.2, 0.25) is 5.91 Å². The van der Waals surface area contributed by atoms with Crippen LogP contribution < -0.4 is 0 Å². The normalized spacial score (nSPS) is 27.9. The number of nitrogens with zero attached hydrogens (tertiary/aromatic N) is 1. The molecular weight excluding hydrogens is 154 g/mol. The number of carbonyl (C=O) groups is 1. The van der Waals surface area contributed by atoms with Crippen LogP contribution in [0.2, 0.25) is 0 Å². The Balaban J connectivity index is 0.000000561. The summed E-state index contributed by atoms with van der Waals surface area (Å²) in [5.41, 5.74) is 0. The molecule has 1 aliphatic heterocycles. The highest BCUT2D eigenvalue weighted by Gasteiger charge is 2.30. The molecule has 0 saturated carbocycles. The van der Waals surface area contributed by atoms with Gasteiger partial charge in [0.05, 0.1) is 12.1 Å². The highest BCUT2D eigenvalue weighted by molar-refractivity contribution is 5.73. The number of amides is 1. The van der Waals surface area contributed by atoms with Gasteiger partial charge in [-0.15, -0.1) is 0 Å². The van der Waals surface area contributed by atoms with Crippen LogP contribution in [0.5, 0.6) is 0 Å². The van der Waals surface area contributed by atoms with Gasteiger partial charge in [-0.2, -0.15) is 0 Å². The Bertz CT molecular complexity index is 147. The number of rotatable bonds is 0. The number of carbonyl (C=O) groups excluding carboxylic acids is 1. The Morgan fingerprint density at radius 1 is 1.50 bits per heavy atom. The fraction of sp³-hybridized carbons (Fsp3) is 0.889. The lowest BCUT2D eigenvalue weighted by atomic mass is 10.2. The molecule has 12 heavy (non-hydrogen) atoms. The van der Waals surface area contributed by atoms with Crippen LogP contribution in [0.4, 0.5) is 0 Å². The summed E-state index contributed by atoms with van der Waals surface area (Å²) in [7, 11) is 0. The molecule has 0 spiro atoms. The summed E-state index contributed by atoms with van der Waals surface area (Å²) in [5.74, 6) is 0.0593. The van der Waals surface area contributed by atoms with Crippen molar-refractivity contribution in [2.75, 3.05) is 6.54 Å². The molecule has 1 N–H and O–H groups in total. The van der Waals surface area contributed by atoms with Crippen molar-refractivity contribution in [2.24, 2.45) is 0 Å². The van der Waals surface area contributed by atoms with Crippen LogP contribution in [-0.4, -0.2) is 34.6 Å². The van der Waals surface area contributed by atoms with E-state index in [1.54, 1.807) is 4.90 Å². The number of hydrogen-bond acceptors (Lipinski definition) is 2. The predicted molar refractivity (Wildman–Crippen MR) is 48.8 cm³/mol. The first-order chi connectivity index (χ1) is 5.63. The lowest BCUT2D eigenvalue weighted by molar-refractivity contribution is -0.130. The van der Waals surface area contributed by atoms with E-state index in [2.05, 4.69) is 0 Å². The third-order valence-electron chi connectivity index (χ3n) is 2.12. The van der Waals surface area contributed by atoms with Gasteiger partial charge >= 0.3 is 0 Å². The van der Waals surface area contributed by atoms with E-state index >= 15 is 0 Å². The summed E-state index contributed by atoms with van der Waals surface area (Å²) >= 11 is 0. The first kappa shape index (κ1) is 11.4. The molecule has 1 aliphatic rings. The van der Waals surface area contributed by atoms with Crippen LogP contribution in [0.3, 0.4) is 0 Å². The quantitative estimate of drug-likeness (QED) is 0.594. The van der Waals surface area contributed by atoms with Crippen molar-refractivity contribution in [3.63, 3.8) is 0 Å². The summed E-state index contributed by atoms with van der Waals surface area (Å²) in [4.78, 5) is 12.5. The average Bonchev–Trinajstić information content (AvgIpc) is 2.37. The Labute approximate surface area is 74.4 Å². The van der Waals surface area contributed by atoms with E-state index < -0.39 is 0 Å². The second kappa shape index (κ2) is 5.14. The molecule has 0 aliphatic carbocycles. The summed E-state index contributed by atoms with van der Waals surface area (Å²) in [6.45, 7) is 8.12. The lowest BCUT2D eigenvalue weighted by Crippen LogP contribution is -2.35. The molecule has 0 unspecified atom stereocenters. The molecule has 1 rings (SSSR count). The van der Waals surface area contributed by atoms with Gasteiger partial charge in [-0.25, -0.2) is 0 Å². The second-order valence-electron chi connectivity index (χ2n) is 2.81. The SMILES string of the molecule is CC.CC(=O)N1CC[C@@H](O)[C@@H]1C. The van der Waals surface area contributed by atoms with E-state index in [1.165, 1.54) is 6.92 Å². The first-order valence-corrected chi connectivity index (χ1v) is 4.58. The van der Waals surface area contributed by atoms with Gasteiger partial charge in [0.15, 0.2) is 0 Å². The average molecular weight is 173 g/mol. The zero-order valence-electron chi connectivity index (χ0n) is 8.37. The maximum Gasteiger partial charge on any atom is 0.219 e. The molecule has 0 bridgehead atoms. The lowest BCUT2D eigenvalue weighted by Gasteiger charge is -2.20.